The average molecular weight is 287 g/mol. The van der Waals surface area contributed by atoms with Crippen molar-refractivity contribution in [2.75, 3.05) is 31.5 Å². The molecule has 2 aliphatic rings. The van der Waals surface area contributed by atoms with E-state index in [4.69, 9.17) is 0 Å². The van der Waals surface area contributed by atoms with Crippen molar-refractivity contribution in [1.29, 1.82) is 0 Å². The molecule has 0 bridgehead atoms. The molecule has 5 nitrogen and oxygen atoms in total. The van der Waals surface area contributed by atoms with Gasteiger partial charge < -0.3 is 15.5 Å². The van der Waals surface area contributed by atoms with Gasteiger partial charge in [0.1, 0.15) is 0 Å². The van der Waals surface area contributed by atoms with Gasteiger partial charge in [-0.05, 0) is 24.5 Å². The average Bonchev–Trinajstić information content (AvgIpc) is 3.16. The number of amides is 2. The molecule has 2 N–H and O–H groups in total. The molecule has 0 spiro atoms. The Bertz CT molecular complexity index is 538. The van der Waals surface area contributed by atoms with E-state index in [1.807, 2.05) is 29.2 Å². The quantitative estimate of drug-likeness (QED) is 0.878. The number of fused-ring (bicyclic) bond motifs is 1. The Hall–Kier alpha value is -2.04. The largest absolute Gasteiger partial charge is 0.384 e. The molecule has 1 aromatic rings. The number of para-hydroxylation sites is 1. The van der Waals surface area contributed by atoms with Gasteiger partial charge in [-0.1, -0.05) is 18.2 Å². The van der Waals surface area contributed by atoms with Crippen LogP contribution in [-0.4, -0.2) is 42.9 Å². The van der Waals surface area contributed by atoms with Crippen LogP contribution in [0.5, 0.6) is 0 Å². The first kappa shape index (κ1) is 13.9. The number of hydrogen-bond acceptors (Lipinski definition) is 3. The van der Waals surface area contributed by atoms with E-state index in [2.05, 4.69) is 10.6 Å². The highest BCUT2D eigenvalue weighted by Crippen LogP contribution is 2.30. The third-order valence-electron chi connectivity index (χ3n) is 4.25. The summed E-state index contributed by atoms with van der Waals surface area (Å²) in [5.41, 5.74) is 2.08. The van der Waals surface area contributed by atoms with E-state index in [0.29, 0.717) is 19.5 Å². The van der Waals surface area contributed by atoms with Crippen LogP contribution < -0.4 is 10.6 Å². The first-order chi connectivity index (χ1) is 10.3. The smallest absolute Gasteiger partial charge is 0.229 e. The summed E-state index contributed by atoms with van der Waals surface area (Å²) in [5.74, 6) is 0.00232. The van der Waals surface area contributed by atoms with Gasteiger partial charge in [0.15, 0.2) is 0 Å². The lowest BCUT2D eigenvalue weighted by atomic mass is 10.0. The number of anilines is 1. The maximum Gasteiger partial charge on any atom is 0.229 e. The Morgan fingerprint density at radius 2 is 2.00 bits per heavy atom. The van der Waals surface area contributed by atoms with Gasteiger partial charge in [-0.15, -0.1) is 0 Å². The number of carbonyl (C=O) groups is 2. The third kappa shape index (κ3) is 3.01. The number of carbonyl (C=O) groups excluding carboxylic acids is 2. The monoisotopic (exact) mass is 287 g/mol. The summed E-state index contributed by atoms with van der Waals surface area (Å²) in [6.07, 6.45) is 2.60. The predicted molar refractivity (Wildman–Crippen MR) is 81.1 cm³/mol. The fourth-order valence-corrected chi connectivity index (χ4v) is 3.06. The van der Waals surface area contributed by atoms with Crippen LogP contribution in [0.2, 0.25) is 0 Å². The number of nitrogens with zero attached hydrogens (tertiary/aromatic N) is 1. The third-order valence-corrected chi connectivity index (χ3v) is 4.25. The van der Waals surface area contributed by atoms with Gasteiger partial charge in [-0.2, -0.15) is 0 Å². The summed E-state index contributed by atoms with van der Waals surface area (Å²) < 4.78 is 0. The van der Waals surface area contributed by atoms with Crippen molar-refractivity contribution in [3.05, 3.63) is 29.8 Å². The summed E-state index contributed by atoms with van der Waals surface area (Å²) in [7, 11) is 0. The first-order valence-corrected chi connectivity index (χ1v) is 7.64. The van der Waals surface area contributed by atoms with E-state index in [0.717, 1.165) is 37.2 Å². The Morgan fingerprint density at radius 1 is 1.24 bits per heavy atom. The lowest BCUT2D eigenvalue weighted by Crippen LogP contribution is -2.35. The maximum absolute atomic E-state index is 12.2. The van der Waals surface area contributed by atoms with E-state index in [1.165, 1.54) is 0 Å². The molecule has 21 heavy (non-hydrogen) atoms. The molecular formula is C16H21N3O2. The number of rotatable bonds is 4. The summed E-state index contributed by atoms with van der Waals surface area (Å²) in [4.78, 5) is 26.0. The van der Waals surface area contributed by atoms with Crippen molar-refractivity contribution in [3.8, 4) is 0 Å². The van der Waals surface area contributed by atoms with E-state index in [9.17, 15) is 9.59 Å². The summed E-state index contributed by atoms with van der Waals surface area (Å²) >= 11 is 0. The van der Waals surface area contributed by atoms with Crippen LogP contribution in [-0.2, 0) is 9.59 Å². The molecule has 1 fully saturated rings. The van der Waals surface area contributed by atoms with Gasteiger partial charge in [-0.3, -0.25) is 9.59 Å². The molecule has 5 heteroatoms. The van der Waals surface area contributed by atoms with E-state index in [1.54, 1.807) is 0 Å². The minimum atomic E-state index is -0.150. The van der Waals surface area contributed by atoms with Crippen LogP contribution >= 0.6 is 0 Å². The van der Waals surface area contributed by atoms with Crippen LogP contribution in [0.3, 0.4) is 0 Å². The minimum absolute atomic E-state index is 0.00155. The van der Waals surface area contributed by atoms with Crippen molar-refractivity contribution in [2.45, 2.75) is 25.2 Å². The number of hydrogen-bond donors (Lipinski definition) is 2. The number of benzene rings is 1. The van der Waals surface area contributed by atoms with Crippen molar-refractivity contribution < 1.29 is 9.59 Å². The molecule has 0 radical (unpaired) electrons. The molecule has 2 aliphatic heterocycles. The lowest BCUT2D eigenvalue weighted by Gasteiger charge is -2.16. The second-order valence-corrected chi connectivity index (χ2v) is 5.65. The molecule has 0 saturated carbocycles. The van der Waals surface area contributed by atoms with Crippen molar-refractivity contribution >= 4 is 17.5 Å². The summed E-state index contributed by atoms with van der Waals surface area (Å²) in [5, 5.41) is 6.13. The van der Waals surface area contributed by atoms with Gasteiger partial charge >= 0.3 is 0 Å². The van der Waals surface area contributed by atoms with Gasteiger partial charge in [0.25, 0.3) is 0 Å². The van der Waals surface area contributed by atoms with Gasteiger partial charge in [0.05, 0.1) is 5.92 Å². The molecule has 1 aromatic carbocycles. The van der Waals surface area contributed by atoms with Crippen molar-refractivity contribution in [3.63, 3.8) is 0 Å². The standard InChI is InChI=1S/C16H21N3O2/c20-15(19-9-3-4-10-19)7-8-17-16(21)13-11-18-14-6-2-1-5-12(13)14/h1-2,5-6,13,18H,3-4,7-11H2,(H,17,21). The normalized spacial score (nSPS) is 20.0. The van der Waals surface area contributed by atoms with Crippen molar-refractivity contribution in [2.24, 2.45) is 0 Å². The summed E-state index contributed by atoms with van der Waals surface area (Å²) in [6.45, 7) is 2.79. The van der Waals surface area contributed by atoms with Crippen LogP contribution in [0, 0.1) is 0 Å². The second kappa shape index (κ2) is 6.16. The Balaban J connectivity index is 1.48. The van der Waals surface area contributed by atoms with E-state index < -0.39 is 0 Å². The van der Waals surface area contributed by atoms with Crippen LogP contribution in [0.4, 0.5) is 5.69 Å². The van der Waals surface area contributed by atoms with Crippen LogP contribution in [0.25, 0.3) is 0 Å². The molecule has 2 amide bonds. The Labute approximate surface area is 124 Å². The maximum atomic E-state index is 12.2. The molecule has 0 aliphatic carbocycles. The molecule has 112 valence electrons. The van der Waals surface area contributed by atoms with Crippen LogP contribution in [0.1, 0.15) is 30.7 Å². The SMILES string of the molecule is O=C(NCCC(=O)N1CCCC1)C1CNc2ccccc21. The first-order valence-electron chi connectivity index (χ1n) is 7.64. The molecule has 3 rings (SSSR count). The predicted octanol–water partition coefficient (Wildman–Crippen LogP) is 1.32. The summed E-state index contributed by atoms with van der Waals surface area (Å²) in [6, 6.07) is 7.87. The lowest BCUT2D eigenvalue weighted by molar-refractivity contribution is -0.130. The van der Waals surface area contributed by atoms with E-state index >= 15 is 0 Å². The molecule has 1 unspecified atom stereocenters. The highest BCUT2D eigenvalue weighted by atomic mass is 16.2. The molecule has 1 saturated heterocycles. The van der Waals surface area contributed by atoms with Crippen LogP contribution in [0.15, 0.2) is 24.3 Å². The van der Waals surface area contributed by atoms with E-state index in [-0.39, 0.29) is 17.7 Å². The molecular weight excluding hydrogens is 266 g/mol. The van der Waals surface area contributed by atoms with Gasteiger partial charge in [0.2, 0.25) is 11.8 Å². The zero-order valence-corrected chi connectivity index (χ0v) is 12.1. The highest BCUT2D eigenvalue weighted by molar-refractivity contribution is 5.88. The molecule has 1 atom stereocenters. The fraction of sp³-hybridized carbons (Fsp3) is 0.500. The number of nitrogens with one attached hydrogen (secondary N) is 2. The molecule has 0 aromatic heterocycles. The molecule has 2 heterocycles. The fourth-order valence-electron chi connectivity index (χ4n) is 3.06. The second-order valence-electron chi connectivity index (χ2n) is 5.65. The zero-order valence-electron chi connectivity index (χ0n) is 12.1. The van der Waals surface area contributed by atoms with Gasteiger partial charge in [0, 0.05) is 38.3 Å². The topological polar surface area (TPSA) is 61.4 Å². The highest BCUT2D eigenvalue weighted by Gasteiger charge is 2.28. The zero-order chi connectivity index (χ0) is 14.7. The van der Waals surface area contributed by atoms with Gasteiger partial charge in [-0.25, -0.2) is 0 Å². The minimum Gasteiger partial charge on any atom is -0.384 e. The Morgan fingerprint density at radius 3 is 2.81 bits per heavy atom. The number of likely N-dealkylation sites (tertiary alicyclic amines) is 1. The Kier molecular flexibility index (Phi) is 4.08. The van der Waals surface area contributed by atoms with Crippen molar-refractivity contribution in [1.82, 2.24) is 10.2 Å².